The summed E-state index contributed by atoms with van der Waals surface area (Å²) < 4.78 is 0. The average molecular weight is 214 g/mol. The summed E-state index contributed by atoms with van der Waals surface area (Å²) in [7, 11) is 0. The lowest BCUT2D eigenvalue weighted by Crippen LogP contribution is -1.93. The second kappa shape index (κ2) is 5.99. The number of rotatable bonds is 5. The van der Waals surface area contributed by atoms with E-state index in [2.05, 4.69) is 11.9 Å². The minimum atomic E-state index is -0.0343. The first-order valence-electron chi connectivity index (χ1n) is 5.02. The molecule has 14 heavy (non-hydrogen) atoms. The number of nitrogens with zero attached hydrogens (tertiary/aromatic N) is 1. The van der Waals surface area contributed by atoms with Gasteiger partial charge in [-0.3, -0.25) is 0 Å². The van der Waals surface area contributed by atoms with E-state index in [0.29, 0.717) is 5.15 Å². The lowest BCUT2D eigenvalue weighted by atomic mass is 10.1. The SMILES string of the molecule is CCCCCc1cnc(Cl)c(CO)c1. The molecule has 0 fully saturated rings. The van der Waals surface area contributed by atoms with Crippen LogP contribution in [0.4, 0.5) is 0 Å². The van der Waals surface area contributed by atoms with E-state index >= 15 is 0 Å². The summed E-state index contributed by atoms with van der Waals surface area (Å²) in [5, 5.41) is 9.40. The van der Waals surface area contributed by atoms with E-state index in [-0.39, 0.29) is 6.61 Å². The maximum absolute atomic E-state index is 8.99. The molecular weight excluding hydrogens is 198 g/mol. The molecule has 0 aliphatic carbocycles. The number of hydrogen-bond donors (Lipinski definition) is 1. The Labute approximate surface area is 89.9 Å². The summed E-state index contributed by atoms with van der Waals surface area (Å²) in [5.41, 5.74) is 1.88. The molecule has 3 heteroatoms. The molecule has 1 aromatic rings. The Balaban J connectivity index is 2.60. The zero-order valence-electron chi connectivity index (χ0n) is 8.46. The van der Waals surface area contributed by atoms with E-state index in [0.717, 1.165) is 17.5 Å². The zero-order chi connectivity index (χ0) is 10.4. The van der Waals surface area contributed by atoms with Crippen molar-refractivity contribution < 1.29 is 5.11 Å². The van der Waals surface area contributed by atoms with E-state index in [1.54, 1.807) is 6.20 Å². The van der Waals surface area contributed by atoms with E-state index in [1.807, 2.05) is 6.07 Å². The van der Waals surface area contributed by atoms with Crippen LogP contribution in [-0.4, -0.2) is 10.1 Å². The Kier molecular flexibility index (Phi) is 4.91. The number of hydrogen-bond acceptors (Lipinski definition) is 2. The van der Waals surface area contributed by atoms with E-state index in [1.165, 1.54) is 19.3 Å². The molecular formula is C11H16ClNO. The van der Waals surface area contributed by atoms with Gasteiger partial charge in [0.15, 0.2) is 0 Å². The van der Waals surface area contributed by atoms with Gasteiger partial charge in [0.2, 0.25) is 0 Å². The Morgan fingerprint density at radius 3 is 2.86 bits per heavy atom. The van der Waals surface area contributed by atoms with Crippen LogP contribution in [0.5, 0.6) is 0 Å². The fourth-order valence-corrected chi connectivity index (χ4v) is 1.53. The van der Waals surface area contributed by atoms with Crippen LogP contribution >= 0.6 is 11.6 Å². The molecule has 0 aromatic carbocycles. The number of halogens is 1. The molecule has 0 aliphatic rings. The monoisotopic (exact) mass is 213 g/mol. The second-order valence-electron chi connectivity index (χ2n) is 3.41. The third kappa shape index (κ3) is 3.28. The lowest BCUT2D eigenvalue weighted by Gasteiger charge is -2.04. The molecule has 78 valence electrons. The lowest BCUT2D eigenvalue weighted by molar-refractivity contribution is 0.281. The van der Waals surface area contributed by atoms with Gasteiger partial charge in [0.05, 0.1) is 6.61 Å². The Morgan fingerprint density at radius 2 is 2.21 bits per heavy atom. The second-order valence-corrected chi connectivity index (χ2v) is 3.77. The number of aliphatic hydroxyl groups excluding tert-OH is 1. The smallest absolute Gasteiger partial charge is 0.134 e. The van der Waals surface area contributed by atoms with Crippen LogP contribution in [0.3, 0.4) is 0 Å². The van der Waals surface area contributed by atoms with Crippen LogP contribution in [-0.2, 0) is 13.0 Å². The Bertz CT molecular complexity index is 289. The number of pyridine rings is 1. The quantitative estimate of drug-likeness (QED) is 0.603. The number of aromatic nitrogens is 1. The minimum absolute atomic E-state index is 0.0343. The Hall–Kier alpha value is -0.600. The largest absolute Gasteiger partial charge is 0.392 e. The summed E-state index contributed by atoms with van der Waals surface area (Å²) in [5.74, 6) is 0. The predicted octanol–water partition coefficient (Wildman–Crippen LogP) is 2.96. The van der Waals surface area contributed by atoms with Crippen LogP contribution in [0.25, 0.3) is 0 Å². The summed E-state index contributed by atoms with van der Waals surface area (Å²) in [4.78, 5) is 4.03. The molecule has 2 nitrogen and oxygen atoms in total. The maximum Gasteiger partial charge on any atom is 0.134 e. The maximum atomic E-state index is 8.99. The van der Waals surface area contributed by atoms with Gasteiger partial charge >= 0.3 is 0 Å². The normalized spacial score (nSPS) is 10.5. The van der Waals surface area contributed by atoms with Crippen molar-refractivity contribution in [3.05, 3.63) is 28.5 Å². The van der Waals surface area contributed by atoms with Crippen molar-refractivity contribution in [1.29, 1.82) is 0 Å². The van der Waals surface area contributed by atoms with Gasteiger partial charge in [-0.1, -0.05) is 31.4 Å². The first kappa shape index (κ1) is 11.5. The van der Waals surface area contributed by atoms with Crippen LogP contribution in [0.1, 0.15) is 37.3 Å². The Morgan fingerprint density at radius 1 is 1.43 bits per heavy atom. The van der Waals surface area contributed by atoms with Gasteiger partial charge in [0.1, 0.15) is 5.15 Å². The van der Waals surface area contributed by atoms with Gasteiger partial charge in [0.25, 0.3) is 0 Å². The molecule has 0 aliphatic heterocycles. The molecule has 0 radical (unpaired) electrons. The zero-order valence-corrected chi connectivity index (χ0v) is 9.22. The van der Waals surface area contributed by atoms with Crippen LogP contribution in [0.15, 0.2) is 12.3 Å². The molecule has 0 saturated heterocycles. The van der Waals surface area contributed by atoms with E-state index in [4.69, 9.17) is 16.7 Å². The number of aliphatic hydroxyl groups is 1. The predicted molar refractivity (Wildman–Crippen MR) is 58.4 cm³/mol. The first-order valence-corrected chi connectivity index (χ1v) is 5.40. The molecule has 1 N–H and O–H groups in total. The van der Waals surface area contributed by atoms with Crippen molar-refractivity contribution in [2.24, 2.45) is 0 Å². The molecule has 1 heterocycles. The van der Waals surface area contributed by atoms with Crippen molar-refractivity contribution in [3.8, 4) is 0 Å². The van der Waals surface area contributed by atoms with E-state index in [9.17, 15) is 0 Å². The first-order chi connectivity index (χ1) is 6.77. The van der Waals surface area contributed by atoms with Crippen molar-refractivity contribution in [2.75, 3.05) is 0 Å². The fraction of sp³-hybridized carbons (Fsp3) is 0.545. The van der Waals surface area contributed by atoms with Gasteiger partial charge in [-0.25, -0.2) is 4.98 Å². The van der Waals surface area contributed by atoms with Gasteiger partial charge in [-0.2, -0.15) is 0 Å². The molecule has 0 unspecified atom stereocenters. The summed E-state index contributed by atoms with van der Waals surface area (Å²) >= 11 is 5.79. The summed E-state index contributed by atoms with van der Waals surface area (Å²) in [6.07, 6.45) is 6.43. The van der Waals surface area contributed by atoms with Gasteiger partial charge in [-0.05, 0) is 24.5 Å². The standard InChI is InChI=1S/C11H16ClNO/c1-2-3-4-5-9-6-10(8-14)11(12)13-7-9/h6-7,14H,2-5,8H2,1H3. The summed E-state index contributed by atoms with van der Waals surface area (Å²) in [6.45, 7) is 2.15. The molecule has 0 amide bonds. The number of unbranched alkanes of at least 4 members (excludes halogenated alkanes) is 2. The highest BCUT2D eigenvalue weighted by molar-refractivity contribution is 6.30. The van der Waals surface area contributed by atoms with Crippen molar-refractivity contribution in [3.63, 3.8) is 0 Å². The van der Waals surface area contributed by atoms with Gasteiger partial charge in [0, 0.05) is 11.8 Å². The van der Waals surface area contributed by atoms with Crippen molar-refractivity contribution in [2.45, 2.75) is 39.2 Å². The number of aryl methyl sites for hydroxylation is 1. The summed E-state index contributed by atoms with van der Waals surface area (Å²) in [6, 6.07) is 1.94. The van der Waals surface area contributed by atoms with Crippen molar-refractivity contribution in [1.82, 2.24) is 4.98 Å². The minimum Gasteiger partial charge on any atom is -0.392 e. The van der Waals surface area contributed by atoms with Gasteiger partial charge < -0.3 is 5.11 Å². The van der Waals surface area contributed by atoms with Crippen LogP contribution < -0.4 is 0 Å². The molecule has 0 atom stereocenters. The van der Waals surface area contributed by atoms with E-state index < -0.39 is 0 Å². The molecule has 0 saturated carbocycles. The third-order valence-corrected chi connectivity index (χ3v) is 2.55. The molecule has 1 aromatic heterocycles. The third-order valence-electron chi connectivity index (χ3n) is 2.21. The topological polar surface area (TPSA) is 33.1 Å². The average Bonchev–Trinajstić information content (AvgIpc) is 2.21. The fourth-order valence-electron chi connectivity index (χ4n) is 1.37. The van der Waals surface area contributed by atoms with Crippen LogP contribution in [0, 0.1) is 0 Å². The van der Waals surface area contributed by atoms with Crippen molar-refractivity contribution >= 4 is 11.6 Å². The van der Waals surface area contributed by atoms with Gasteiger partial charge in [-0.15, -0.1) is 0 Å². The molecule has 1 rings (SSSR count). The molecule has 0 bridgehead atoms. The highest BCUT2D eigenvalue weighted by atomic mass is 35.5. The highest BCUT2D eigenvalue weighted by Gasteiger charge is 2.01. The van der Waals surface area contributed by atoms with Crippen LogP contribution in [0.2, 0.25) is 5.15 Å². The highest BCUT2D eigenvalue weighted by Crippen LogP contribution is 2.15. The molecule has 0 spiro atoms.